The van der Waals surface area contributed by atoms with Gasteiger partial charge in [-0.15, -0.1) is 0 Å². The normalized spacial score (nSPS) is 10.5. The van der Waals surface area contributed by atoms with Gasteiger partial charge < -0.3 is 14.2 Å². The minimum absolute atomic E-state index is 0.391. The van der Waals surface area contributed by atoms with Crippen LogP contribution in [0.1, 0.15) is 49.4 Å². The molecule has 0 radical (unpaired) electrons. The van der Waals surface area contributed by atoms with Gasteiger partial charge in [0.1, 0.15) is 23.9 Å². The van der Waals surface area contributed by atoms with Gasteiger partial charge in [0.15, 0.2) is 0 Å². The van der Waals surface area contributed by atoms with Crippen LogP contribution in [0.2, 0.25) is 0 Å². The second-order valence-electron chi connectivity index (χ2n) is 7.83. The van der Waals surface area contributed by atoms with Gasteiger partial charge in [0.25, 0.3) is 0 Å². The monoisotopic (exact) mass is 444 g/mol. The van der Waals surface area contributed by atoms with Crippen LogP contribution in [0.15, 0.2) is 85.5 Å². The summed E-state index contributed by atoms with van der Waals surface area (Å²) >= 11 is 0. The number of carbonyl (C=O) groups excluding carboxylic acids is 1. The Labute approximate surface area is 196 Å². The predicted octanol–water partition coefficient (Wildman–Crippen LogP) is 7.49. The molecule has 0 spiro atoms. The summed E-state index contributed by atoms with van der Waals surface area (Å²) in [5.41, 5.74) is 2.57. The van der Waals surface area contributed by atoms with Crippen molar-refractivity contribution in [2.75, 3.05) is 13.2 Å². The minimum atomic E-state index is -0.391. The van der Waals surface area contributed by atoms with E-state index < -0.39 is 5.97 Å². The summed E-state index contributed by atoms with van der Waals surface area (Å²) in [6.07, 6.45) is 7.72. The quantitative estimate of drug-likeness (QED) is 0.119. The topological polar surface area (TPSA) is 44.8 Å². The zero-order chi connectivity index (χ0) is 23.3. The standard InChI is InChI=1S/C29H32O4/c1-3-5-6-7-8-22-32-27-17-13-25(14-18-27)29(30)33-28-19-11-24(12-20-28)23-9-15-26(16-10-23)31-21-4-2/h4,9-20H,2-3,5-8,21-22H2,1H3. The summed E-state index contributed by atoms with van der Waals surface area (Å²) in [6, 6.07) is 22.4. The first-order valence-electron chi connectivity index (χ1n) is 11.6. The molecule has 0 fully saturated rings. The van der Waals surface area contributed by atoms with E-state index in [1.54, 1.807) is 30.3 Å². The third-order valence-corrected chi connectivity index (χ3v) is 5.23. The second kappa shape index (κ2) is 13.1. The Morgan fingerprint density at radius 1 is 0.727 bits per heavy atom. The number of ether oxygens (including phenoxy) is 3. The van der Waals surface area contributed by atoms with Gasteiger partial charge in [-0.05, 0) is 66.1 Å². The van der Waals surface area contributed by atoms with Crippen molar-refractivity contribution in [3.8, 4) is 28.4 Å². The zero-order valence-electron chi connectivity index (χ0n) is 19.3. The molecule has 0 bridgehead atoms. The number of unbranched alkanes of at least 4 members (excludes halogenated alkanes) is 4. The van der Waals surface area contributed by atoms with Crippen molar-refractivity contribution < 1.29 is 19.0 Å². The molecular formula is C29H32O4. The van der Waals surface area contributed by atoms with E-state index in [0.717, 1.165) is 29.0 Å². The van der Waals surface area contributed by atoms with Gasteiger partial charge in [-0.3, -0.25) is 0 Å². The SMILES string of the molecule is C=CCOc1ccc(-c2ccc(OC(=O)c3ccc(OCCCCCCC)cc3)cc2)cc1. The molecule has 0 amide bonds. The highest BCUT2D eigenvalue weighted by Gasteiger charge is 2.09. The van der Waals surface area contributed by atoms with E-state index in [1.165, 1.54) is 25.7 Å². The third kappa shape index (κ3) is 7.83. The molecule has 3 rings (SSSR count). The smallest absolute Gasteiger partial charge is 0.343 e. The molecule has 0 aromatic heterocycles. The fourth-order valence-electron chi connectivity index (χ4n) is 3.36. The molecule has 0 saturated carbocycles. The Morgan fingerprint density at radius 2 is 1.27 bits per heavy atom. The summed E-state index contributed by atoms with van der Waals surface area (Å²) in [6.45, 7) is 7.03. The van der Waals surface area contributed by atoms with Gasteiger partial charge in [-0.25, -0.2) is 4.79 Å². The van der Waals surface area contributed by atoms with Crippen LogP contribution in [-0.4, -0.2) is 19.2 Å². The first-order chi connectivity index (χ1) is 16.2. The van der Waals surface area contributed by atoms with Crippen molar-refractivity contribution in [1.82, 2.24) is 0 Å². The molecule has 33 heavy (non-hydrogen) atoms. The lowest BCUT2D eigenvalue weighted by Crippen LogP contribution is -2.08. The lowest BCUT2D eigenvalue weighted by molar-refractivity contribution is 0.0734. The van der Waals surface area contributed by atoms with Gasteiger partial charge in [0.05, 0.1) is 12.2 Å². The van der Waals surface area contributed by atoms with Crippen LogP contribution in [0.5, 0.6) is 17.2 Å². The van der Waals surface area contributed by atoms with Gasteiger partial charge in [-0.1, -0.05) is 69.5 Å². The predicted molar refractivity (Wildman–Crippen MR) is 133 cm³/mol. The van der Waals surface area contributed by atoms with E-state index in [9.17, 15) is 4.79 Å². The van der Waals surface area contributed by atoms with Crippen molar-refractivity contribution in [3.63, 3.8) is 0 Å². The average molecular weight is 445 g/mol. The Bertz CT molecular complexity index is 989. The maximum atomic E-state index is 12.5. The lowest BCUT2D eigenvalue weighted by atomic mass is 10.1. The van der Waals surface area contributed by atoms with Crippen LogP contribution in [0.4, 0.5) is 0 Å². The number of rotatable bonds is 13. The number of hydrogen-bond acceptors (Lipinski definition) is 4. The zero-order valence-corrected chi connectivity index (χ0v) is 19.3. The Kier molecular flexibility index (Phi) is 9.59. The molecule has 4 nitrogen and oxygen atoms in total. The van der Waals surface area contributed by atoms with Crippen molar-refractivity contribution in [2.24, 2.45) is 0 Å². The molecule has 3 aromatic carbocycles. The van der Waals surface area contributed by atoms with Crippen LogP contribution < -0.4 is 14.2 Å². The number of esters is 1. The van der Waals surface area contributed by atoms with Gasteiger partial charge in [0, 0.05) is 0 Å². The molecule has 4 heteroatoms. The number of carbonyl (C=O) groups is 1. The second-order valence-corrected chi connectivity index (χ2v) is 7.83. The molecule has 172 valence electrons. The van der Waals surface area contributed by atoms with E-state index in [1.807, 2.05) is 48.5 Å². The maximum absolute atomic E-state index is 12.5. The molecule has 0 saturated heterocycles. The molecule has 3 aromatic rings. The highest BCUT2D eigenvalue weighted by atomic mass is 16.5. The molecule has 0 atom stereocenters. The maximum Gasteiger partial charge on any atom is 0.343 e. The fraction of sp³-hybridized carbons (Fsp3) is 0.276. The summed E-state index contributed by atoms with van der Waals surface area (Å²) in [7, 11) is 0. The van der Waals surface area contributed by atoms with Crippen LogP contribution in [0.25, 0.3) is 11.1 Å². The lowest BCUT2D eigenvalue weighted by Gasteiger charge is -2.09. The first-order valence-corrected chi connectivity index (χ1v) is 11.6. The number of hydrogen-bond donors (Lipinski definition) is 0. The Balaban J connectivity index is 1.49. The van der Waals surface area contributed by atoms with Crippen molar-refractivity contribution >= 4 is 5.97 Å². The van der Waals surface area contributed by atoms with E-state index in [0.29, 0.717) is 24.5 Å². The van der Waals surface area contributed by atoms with Crippen LogP contribution >= 0.6 is 0 Å². The molecule has 0 heterocycles. The van der Waals surface area contributed by atoms with Gasteiger partial charge in [-0.2, -0.15) is 0 Å². The summed E-state index contributed by atoms with van der Waals surface area (Å²) in [4.78, 5) is 12.5. The van der Waals surface area contributed by atoms with Gasteiger partial charge >= 0.3 is 5.97 Å². The van der Waals surface area contributed by atoms with Crippen LogP contribution in [-0.2, 0) is 0 Å². The first kappa shape index (κ1) is 24.1. The van der Waals surface area contributed by atoms with Crippen molar-refractivity contribution in [2.45, 2.75) is 39.0 Å². The highest BCUT2D eigenvalue weighted by Crippen LogP contribution is 2.25. The summed E-state index contributed by atoms with van der Waals surface area (Å²) in [5.74, 6) is 1.68. The molecular weight excluding hydrogens is 412 g/mol. The van der Waals surface area contributed by atoms with E-state index in [-0.39, 0.29) is 0 Å². The van der Waals surface area contributed by atoms with E-state index in [4.69, 9.17) is 14.2 Å². The van der Waals surface area contributed by atoms with E-state index >= 15 is 0 Å². The Hall–Kier alpha value is -3.53. The molecule has 0 aliphatic carbocycles. The summed E-state index contributed by atoms with van der Waals surface area (Å²) in [5, 5.41) is 0. The molecule has 0 aliphatic heterocycles. The third-order valence-electron chi connectivity index (χ3n) is 5.23. The van der Waals surface area contributed by atoms with Crippen molar-refractivity contribution in [3.05, 3.63) is 91.0 Å². The largest absolute Gasteiger partial charge is 0.494 e. The van der Waals surface area contributed by atoms with Gasteiger partial charge in [0.2, 0.25) is 0 Å². The minimum Gasteiger partial charge on any atom is -0.494 e. The molecule has 0 unspecified atom stereocenters. The number of benzene rings is 3. The molecule has 0 aliphatic rings. The highest BCUT2D eigenvalue weighted by molar-refractivity contribution is 5.91. The average Bonchev–Trinajstić information content (AvgIpc) is 2.86. The van der Waals surface area contributed by atoms with E-state index in [2.05, 4.69) is 13.5 Å². The fourth-order valence-corrected chi connectivity index (χ4v) is 3.36. The van der Waals surface area contributed by atoms with Crippen LogP contribution in [0, 0.1) is 0 Å². The van der Waals surface area contributed by atoms with Crippen LogP contribution in [0.3, 0.4) is 0 Å². The summed E-state index contributed by atoms with van der Waals surface area (Å²) < 4.78 is 16.8. The molecule has 0 N–H and O–H groups in total. The van der Waals surface area contributed by atoms with Crippen molar-refractivity contribution in [1.29, 1.82) is 0 Å². The Morgan fingerprint density at radius 3 is 1.88 bits per heavy atom.